The molecule has 0 radical (unpaired) electrons. The first-order valence-corrected chi connectivity index (χ1v) is 9.99. The Balaban J connectivity index is 1.15. The first kappa shape index (κ1) is 15.4. The van der Waals surface area contributed by atoms with E-state index in [0.29, 0.717) is 12.6 Å². The molecule has 0 aromatic rings. The van der Waals surface area contributed by atoms with Crippen LogP contribution < -0.4 is 5.32 Å². The predicted molar refractivity (Wildman–Crippen MR) is 89.4 cm³/mol. The topological polar surface area (TPSA) is 61.8 Å². The van der Waals surface area contributed by atoms with E-state index in [9.17, 15) is 9.90 Å². The van der Waals surface area contributed by atoms with Crippen molar-refractivity contribution in [3.63, 3.8) is 0 Å². The molecule has 2 N–H and O–H groups in total. The molecule has 5 heteroatoms. The van der Waals surface area contributed by atoms with Crippen LogP contribution in [0.15, 0.2) is 0 Å². The molecule has 1 saturated heterocycles. The summed E-state index contributed by atoms with van der Waals surface area (Å²) in [6, 6.07) is 0.593. The molecule has 24 heavy (non-hydrogen) atoms. The molecule has 5 rings (SSSR count). The van der Waals surface area contributed by atoms with Gasteiger partial charge in [-0.2, -0.15) is 0 Å². The number of piperidine rings is 1. The van der Waals surface area contributed by atoms with Gasteiger partial charge in [-0.15, -0.1) is 0 Å². The van der Waals surface area contributed by atoms with Crippen molar-refractivity contribution in [3.8, 4) is 0 Å². The Hall–Kier alpha value is -0.810. The molecule has 1 spiro atoms. The van der Waals surface area contributed by atoms with Gasteiger partial charge >= 0.3 is 6.03 Å². The molecule has 2 amide bonds. The first-order chi connectivity index (χ1) is 11.6. The zero-order valence-electron chi connectivity index (χ0n) is 14.6. The Kier molecular flexibility index (Phi) is 3.44. The summed E-state index contributed by atoms with van der Waals surface area (Å²) in [4.78, 5) is 14.6. The van der Waals surface area contributed by atoms with E-state index >= 15 is 0 Å². The lowest BCUT2D eigenvalue weighted by atomic mass is 9.58. The number of fused-ring (bicyclic) bond motifs is 5. The van der Waals surface area contributed by atoms with E-state index in [1.54, 1.807) is 0 Å². The number of aliphatic hydroxyl groups is 1. The average Bonchev–Trinajstić information content (AvgIpc) is 2.97. The molecule has 1 aliphatic heterocycles. The molecular formula is C19H30N2O3. The van der Waals surface area contributed by atoms with Crippen LogP contribution in [0.2, 0.25) is 0 Å². The third kappa shape index (κ3) is 2.03. The number of aliphatic hydroxyl groups excluding tert-OH is 1. The molecule has 0 aromatic carbocycles. The second-order valence-corrected chi connectivity index (χ2v) is 8.88. The van der Waals surface area contributed by atoms with Crippen molar-refractivity contribution < 1.29 is 14.6 Å². The van der Waals surface area contributed by atoms with Crippen LogP contribution in [0.4, 0.5) is 4.79 Å². The predicted octanol–water partition coefficient (Wildman–Crippen LogP) is 1.99. The maximum Gasteiger partial charge on any atom is 0.317 e. The molecule has 134 valence electrons. The van der Waals surface area contributed by atoms with Gasteiger partial charge in [0.2, 0.25) is 0 Å². The second kappa shape index (κ2) is 5.34. The Bertz CT molecular complexity index is 513. The smallest absolute Gasteiger partial charge is 0.317 e. The molecule has 1 heterocycles. The van der Waals surface area contributed by atoms with Gasteiger partial charge in [0.05, 0.1) is 12.2 Å². The van der Waals surface area contributed by atoms with Crippen LogP contribution in [-0.4, -0.2) is 54.0 Å². The minimum absolute atomic E-state index is 0.0953. The van der Waals surface area contributed by atoms with Gasteiger partial charge in [-0.1, -0.05) is 0 Å². The fourth-order valence-electron chi connectivity index (χ4n) is 6.70. The molecule has 0 unspecified atom stereocenters. The van der Waals surface area contributed by atoms with Crippen LogP contribution in [-0.2, 0) is 4.74 Å². The largest absolute Gasteiger partial charge is 0.392 e. The van der Waals surface area contributed by atoms with Crippen molar-refractivity contribution in [1.29, 1.82) is 0 Å². The molecule has 4 aliphatic carbocycles. The highest BCUT2D eigenvalue weighted by Crippen LogP contribution is 2.65. The number of hydrogen-bond acceptors (Lipinski definition) is 3. The lowest BCUT2D eigenvalue weighted by Crippen LogP contribution is -2.63. The third-order valence-electron chi connectivity index (χ3n) is 8.12. The number of carbonyl (C=O) groups is 1. The number of ether oxygens (including phenoxy) is 1. The maximum absolute atomic E-state index is 12.6. The molecule has 5 aliphatic rings. The summed E-state index contributed by atoms with van der Waals surface area (Å²) in [6.07, 6.45) is 6.63. The van der Waals surface area contributed by atoms with E-state index in [-0.39, 0.29) is 23.7 Å². The van der Waals surface area contributed by atoms with Crippen molar-refractivity contribution in [2.75, 3.05) is 19.7 Å². The highest BCUT2D eigenvalue weighted by molar-refractivity contribution is 5.75. The molecule has 5 fully saturated rings. The third-order valence-corrected chi connectivity index (χ3v) is 8.12. The van der Waals surface area contributed by atoms with Gasteiger partial charge < -0.3 is 20.1 Å². The Morgan fingerprint density at radius 2 is 1.88 bits per heavy atom. The molecule has 4 saturated carbocycles. The fourth-order valence-corrected chi connectivity index (χ4v) is 6.70. The van der Waals surface area contributed by atoms with Gasteiger partial charge in [0.1, 0.15) is 0 Å². The van der Waals surface area contributed by atoms with Gasteiger partial charge in [-0.05, 0) is 62.7 Å². The maximum atomic E-state index is 12.6. The van der Waals surface area contributed by atoms with Crippen molar-refractivity contribution in [3.05, 3.63) is 0 Å². The van der Waals surface area contributed by atoms with E-state index in [2.05, 4.69) is 5.32 Å². The van der Waals surface area contributed by atoms with E-state index in [1.807, 2.05) is 11.8 Å². The van der Waals surface area contributed by atoms with Crippen molar-refractivity contribution >= 4 is 6.03 Å². The average molecular weight is 334 g/mol. The quantitative estimate of drug-likeness (QED) is 0.830. The van der Waals surface area contributed by atoms with Crippen LogP contribution in [0.1, 0.15) is 45.4 Å². The first-order valence-electron chi connectivity index (χ1n) is 9.99. The SMILES string of the molecule is CCO[C@@H]1C[C@H](O)C12CCN(C(=O)NC1[C@H]3[C@H]4CC[C@@H](C4)[C@H]13)CC2. The summed E-state index contributed by atoms with van der Waals surface area (Å²) >= 11 is 0. The number of carbonyl (C=O) groups excluding carboxylic acids is 1. The number of rotatable bonds is 3. The van der Waals surface area contributed by atoms with Crippen molar-refractivity contribution in [2.45, 2.75) is 63.7 Å². The lowest BCUT2D eigenvalue weighted by molar-refractivity contribution is -0.207. The van der Waals surface area contributed by atoms with Gasteiger partial charge in [-0.25, -0.2) is 4.79 Å². The van der Waals surface area contributed by atoms with E-state index in [1.165, 1.54) is 19.3 Å². The number of urea groups is 1. The summed E-state index contributed by atoms with van der Waals surface area (Å²) in [5.74, 6) is 3.37. The number of hydrogen-bond donors (Lipinski definition) is 2. The molecule has 0 aromatic heterocycles. The summed E-state index contributed by atoms with van der Waals surface area (Å²) < 4.78 is 5.81. The van der Waals surface area contributed by atoms with E-state index in [4.69, 9.17) is 4.74 Å². The van der Waals surface area contributed by atoms with Crippen LogP contribution in [0.3, 0.4) is 0 Å². The molecule has 5 nitrogen and oxygen atoms in total. The summed E-state index contributed by atoms with van der Waals surface area (Å²) in [5, 5.41) is 13.6. The monoisotopic (exact) mass is 334 g/mol. The highest BCUT2D eigenvalue weighted by Gasteiger charge is 2.65. The summed E-state index contributed by atoms with van der Waals surface area (Å²) in [6.45, 7) is 4.22. The number of likely N-dealkylation sites (tertiary alicyclic amines) is 1. The number of nitrogens with zero attached hydrogens (tertiary/aromatic N) is 1. The summed E-state index contributed by atoms with van der Waals surface area (Å²) in [5.41, 5.74) is -0.0953. The van der Waals surface area contributed by atoms with Crippen molar-refractivity contribution in [2.24, 2.45) is 29.1 Å². The second-order valence-electron chi connectivity index (χ2n) is 8.88. The van der Waals surface area contributed by atoms with Gasteiger partial charge in [0.25, 0.3) is 0 Å². The lowest BCUT2D eigenvalue weighted by Gasteiger charge is -2.56. The van der Waals surface area contributed by atoms with Crippen LogP contribution in [0, 0.1) is 29.1 Å². The fraction of sp³-hybridized carbons (Fsp3) is 0.947. The normalized spacial score (nSPS) is 47.4. The Labute approximate surface area is 144 Å². The van der Waals surface area contributed by atoms with Crippen molar-refractivity contribution in [1.82, 2.24) is 10.2 Å². The Morgan fingerprint density at radius 3 is 2.46 bits per heavy atom. The van der Waals surface area contributed by atoms with E-state index in [0.717, 1.165) is 56.0 Å². The standard InChI is InChI=1S/C19H30N2O3/c1-2-24-14-10-13(22)19(14)5-7-21(8-6-19)18(23)20-17-15-11-3-4-12(9-11)16(15)17/h11-17,22H,2-10H2,1H3,(H,20,23)/t11-,12-,13-,14+,15-,16-/m0/s1. The molecule has 2 bridgehead atoms. The summed E-state index contributed by atoms with van der Waals surface area (Å²) in [7, 11) is 0. The van der Waals surface area contributed by atoms with Crippen LogP contribution in [0.5, 0.6) is 0 Å². The van der Waals surface area contributed by atoms with Gasteiger partial charge in [0.15, 0.2) is 0 Å². The highest BCUT2D eigenvalue weighted by atomic mass is 16.5. The number of nitrogens with one attached hydrogen (secondary N) is 1. The minimum atomic E-state index is -0.252. The van der Waals surface area contributed by atoms with Gasteiger partial charge in [0, 0.05) is 37.6 Å². The minimum Gasteiger partial charge on any atom is -0.392 e. The molecular weight excluding hydrogens is 304 g/mol. The number of amides is 2. The zero-order valence-corrected chi connectivity index (χ0v) is 14.6. The molecule has 6 atom stereocenters. The van der Waals surface area contributed by atoms with Crippen LogP contribution >= 0.6 is 0 Å². The van der Waals surface area contributed by atoms with Gasteiger partial charge in [-0.3, -0.25) is 0 Å². The van der Waals surface area contributed by atoms with E-state index < -0.39 is 0 Å². The van der Waals surface area contributed by atoms with Crippen LogP contribution in [0.25, 0.3) is 0 Å². The Morgan fingerprint density at radius 1 is 1.21 bits per heavy atom. The zero-order chi connectivity index (χ0) is 16.5.